The second-order valence-corrected chi connectivity index (χ2v) is 10.3. The van der Waals surface area contributed by atoms with E-state index in [9.17, 15) is 14.7 Å². The third-order valence-corrected chi connectivity index (χ3v) is 6.25. The van der Waals surface area contributed by atoms with Crippen molar-refractivity contribution in [3.63, 3.8) is 0 Å². The summed E-state index contributed by atoms with van der Waals surface area (Å²) in [6.07, 6.45) is 5.08. The molecule has 0 aromatic carbocycles. The zero-order valence-corrected chi connectivity index (χ0v) is 21.1. The maximum absolute atomic E-state index is 12.0. The SMILES string of the molecule is CC(C)(C)OC(=O)NCCC1C(Nc2nc(Cl)cc(N3CCCCCC3)n2)CCCN1C(=O)O. The molecular formula is C23H37ClN6O4. The summed E-state index contributed by atoms with van der Waals surface area (Å²) in [4.78, 5) is 36.7. The number of hydrogen-bond donors (Lipinski definition) is 3. The zero-order valence-electron chi connectivity index (χ0n) is 20.3. The Balaban J connectivity index is 1.70. The van der Waals surface area contributed by atoms with Gasteiger partial charge >= 0.3 is 12.2 Å². The van der Waals surface area contributed by atoms with Gasteiger partial charge in [-0.2, -0.15) is 4.98 Å². The van der Waals surface area contributed by atoms with Crippen molar-refractivity contribution in [1.82, 2.24) is 20.2 Å². The molecular weight excluding hydrogens is 460 g/mol. The number of anilines is 2. The molecule has 34 heavy (non-hydrogen) atoms. The van der Waals surface area contributed by atoms with Gasteiger partial charge in [0, 0.05) is 38.3 Å². The molecule has 2 amide bonds. The van der Waals surface area contributed by atoms with Crippen LogP contribution < -0.4 is 15.5 Å². The Morgan fingerprint density at radius 1 is 1.15 bits per heavy atom. The molecule has 0 radical (unpaired) electrons. The highest BCUT2D eigenvalue weighted by atomic mass is 35.5. The van der Waals surface area contributed by atoms with E-state index in [4.69, 9.17) is 21.3 Å². The standard InChI is InChI=1S/C23H37ClN6O4/c1-23(2,3)34-21(31)25-11-10-17-16(9-8-14-30(17)22(32)33)26-20-27-18(24)15-19(28-20)29-12-6-4-5-7-13-29/h15-17H,4-14H2,1-3H3,(H,25,31)(H,32,33)(H,26,27,28). The van der Waals surface area contributed by atoms with Crippen LogP contribution in [-0.2, 0) is 4.74 Å². The van der Waals surface area contributed by atoms with Crippen molar-refractivity contribution >= 4 is 35.6 Å². The Kier molecular flexibility index (Phi) is 9.04. The fourth-order valence-corrected chi connectivity index (χ4v) is 4.73. The topological polar surface area (TPSA) is 120 Å². The van der Waals surface area contributed by atoms with E-state index in [-0.39, 0.29) is 18.6 Å². The highest BCUT2D eigenvalue weighted by Gasteiger charge is 2.35. The molecule has 2 unspecified atom stereocenters. The molecule has 0 saturated carbocycles. The number of hydrogen-bond acceptors (Lipinski definition) is 7. The summed E-state index contributed by atoms with van der Waals surface area (Å²) in [7, 11) is 0. The molecule has 0 aliphatic carbocycles. The number of piperidine rings is 1. The van der Waals surface area contributed by atoms with Gasteiger partial charge in [-0.05, 0) is 52.9 Å². The largest absolute Gasteiger partial charge is 0.465 e. The van der Waals surface area contributed by atoms with E-state index in [1.165, 1.54) is 17.7 Å². The predicted molar refractivity (Wildman–Crippen MR) is 132 cm³/mol. The molecule has 3 rings (SSSR count). The first kappa shape index (κ1) is 26.1. The smallest absolute Gasteiger partial charge is 0.407 e. The van der Waals surface area contributed by atoms with Crippen LogP contribution in [-0.4, -0.2) is 76.0 Å². The van der Waals surface area contributed by atoms with Crippen LogP contribution in [0.5, 0.6) is 0 Å². The van der Waals surface area contributed by atoms with E-state index >= 15 is 0 Å². The molecule has 2 aliphatic heterocycles. The number of nitrogens with one attached hydrogen (secondary N) is 2. The Morgan fingerprint density at radius 2 is 1.85 bits per heavy atom. The number of ether oxygens (including phenoxy) is 1. The summed E-state index contributed by atoms with van der Waals surface area (Å²) in [5.74, 6) is 1.19. The van der Waals surface area contributed by atoms with Crippen LogP contribution >= 0.6 is 11.6 Å². The van der Waals surface area contributed by atoms with E-state index < -0.39 is 17.8 Å². The third kappa shape index (κ3) is 7.78. The minimum atomic E-state index is -0.981. The van der Waals surface area contributed by atoms with Crippen molar-refractivity contribution < 1.29 is 19.4 Å². The lowest BCUT2D eigenvalue weighted by Crippen LogP contribution is -2.54. The number of carbonyl (C=O) groups is 2. The van der Waals surface area contributed by atoms with Crippen molar-refractivity contribution in [3.8, 4) is 0 Å². The number of nitrogens with zero attached hydrogens (tertiary/aromatic N) is 4. The van der Waals surface area contributed by atoms with E-state index in [2.05, 4.69) is 20.5 Å². The van der Waals surface area contributed by atoms with Gasteiger partial charge in [0.2, 0.25) is 5.95 Å². The summed E-state index contributed by atoms with van der Waals surface area (Å²) in [6, 6.07) is 1.22. The Morgan fingerprint density at radius 3 is 2.50 bits per heavy atom. The predicted octanol–water partition coefficient (Wildman–Crippen LogP) is 4.35. The van der Waals surface area contributed by atoms with Gasteiger partial charge in [-0.3, -0.25) is 0 Å². The minimum Gasteiger partial charge on any atom is -0.465 e. The normalized spacial score (nSPS) is 21.5. The number of carbonyl (C=O) groups excluding carboxylic acids is 1. The monoisotopic (exact) mass is 496 g/mol. The molecule has 1 aromatic heterocycles. The lowest BCUT2D eigenvalue weighted by molar-refractivity contribution is 0.0518. The van der Waals surface area contributed by atoms with Crippen molar-refractivity contribution in [2.24, 2.45) is 0 Å². The molecule has 2 fully saturated rings. The molecule has 0 bridgehead atoms. The van der Waals surface area contributed by atoms with E-state index in [1.807, 2.05) is 0 Å². The second-order valence-electron chi connectivity index (χ2n) is 9.93. The number of alkyl carbamates (subject to hydrolysis) is 1. The first-order chi connectivity index (χ1) is 16.1. The highest BCUT2D eigenvalue weighted by molar-refractivity contribution is 6.29. The Labute approximate surface area is 206 Å². The molecule has 10 nitrogen and oxygen atoms in total. The molecule has 2 aliphatic rings. The van der Waals surface area contributed by atoms with Gasteiger partial charge in [0.15, 0.2) is 0 Å². The number of aromatic nitrogens is 2. The van der Waals surface area contributed by atoms with Gasteiger partial charge in [0.1, 0.15) is 16.6 Å². The van der Waals surface area contributed by atoms with Crippen LogP contribution in [0.15, 0.2) is 6.07 Å². The molecule has 190 valence electrons. The minimum absolute atomic E-state index is 0.208. The Hall–Kier alpha value is -2.49. The fourth-order valence-electron chi connectivity index (χ4n) is 4.55. The highest BCUT2D eigenvalue weighted by Crippen LogP contribution is 2.26. The summed E-state index contributed by atoms with van der Waals surface area (Å²) in [5.41, 5.74) is -0.596. The number of carboxylic acid groups (broad SMARTS) is 1. The first-order valence-corrected chi connectivity index (χ1v) is 12.5. The van der Waals surface area contributed by atoms with Gasteiger partial charge in [0.05, 0.1) is 6.04 Å². The van der Waals surface area contributed by atoms with Gasteiger partial charge < -0.3 is 30.3 Å². The second kappa shape index (κ2) is 11.8. The average molecular weight is 497 g/mol. The van der Waals surface area contributed by atoms with E-state index in [0.717, 1.165) is 44.6 Å². The van der Waals surface area contributed by atoms with Crippen molar-refractivity contribution in [2.45, 2.75) is 83.4 Å². The van der Waals surface area contributed by atoms with Crippen molar-refractivity contribution in [1.29, 1.82) is 0 Å². The molecule has 3 heterocycles. The lowest BCUT2D eigenvalue weighted by Gasteiger charge is -2.40. The number of likely N-dealkylation sites (tertiary alicyclic amines) is 1. The maximum atomic E-state index is 12.0. The van der Waals surface area contributed by atoms with Gasteiger partial charge in [-0.15, -0.1) is 0 Å². The summed E-state index contributed by atoms with van der Waals surface area (Å²) >= 11 is 6.33. The molecule has 1 aromatic rings. The van der Waals surface area contributed by atoms with E-state index in [0.29, 0.717) is 24.1 Å². The molecule has 11 heteroatoms. The van der Waals surface area contributed by atoms with Crippen LogP contribution in [0, 0.1) is 0 Å². The molecule has 3 N–H and O–H groups in total. The Bertz CT molecular complexity index is 841. The van der Waals surface area contributed by atoms with Crippen LogP contribution in [0.3, 0.4) is 0 Å². The average Bonchev–Trinajstić information content (AvgIpc) is 3.02. The van der Waals surface area contributed by atoms with Crippen LogP contribution in [0.25, 0.3) is 0 Å². The molecule has 0 spiro atoms. The molecule has 2 atom stereocenters. The van der Waals surface area contributed by atoms with Gasteiger partial charge in [0.25, 0.3) is 0 Å². The van der Waals surface area contributed by atoms with Gasteiger partial charge in [-0.25, -0.2) is 14.6 Å². The number of rotatable bonds is 6. The number of halogens is 1. The maximum Gasteiger partial charge on any atom is 0.407 e. The molecule has 2 saturated heterocycles. The van der Waals surface area contributed by atoms with Crippen LogP contribution in [0.4, 0.5) is 21.4 Å². The van der Waals surface area contributed by atoms with E-state index in [1.54, 1.807) is 26.8 Å². The van der Waals surface area contributed by atoms with Gasteiger partial charge in [-0.1, -0.05) is 24.4 Å². The summed E-state index contributed by atoms with van der Waals surface area (Å²) in [6.45, 7) is 7.99. The number of amides is 2. The van der Waals surface area contributed by atoms with Crippen LogP contribution in [0.1, 0.15) is 65.7 Å². The summed E-state index contributed by atoms with van der Waals surface area (Å²) in [5, 5.41) is 16.2. The summed E-state index contributed by atoms with van der Waals surface area (Å²) < 4.78 is 5.28. The lowest BCUT2D eigenvalue weighted by atomic mass is 9.94. The van der Waals surface area contributed by atoms with Crippen molar-refractivity contribution in [3.05, 3.63) is 11.2 Å². The first-order valence-electron chi connectivity index (χ1n) is 12.1. The fraction of sp³-hybridized carbons (Fsp3) is 0.739. The van der Waals surface area contributed by atoms with Crippen LogP contribution in [0.2, 0.25) is 5.15 Å². The zero-order chi connectivity index (χ0) is 24.7. The van der Waals surface area contributed by atoms with Crippen molar-refractivity contribution in [2.75, 3.05) is 36.4 Å². The third-order valence-electron chi connectivity index (χ3n) is 6.06. The quantitative estimate of drug-likeness (QED) is 0.497.